The lowest BCUT2D eigenvalue weighted by molar-refractivity contribution is 0.0277. The number of ether oxygens (including phenoxy) is 1. The summed E-state index contributed by atoms with van der Waals surface area (Å²) in [5, 5.41) is 10.9. The Labute approximate surface area is 139 Å². The number of guanidine groups is 1. The van der Waals surface area contributed by atoms with Crippen molar-refractivity contribution in [2.75, 3.05) is 26.7 Å². The van der Waals surface area contributed by atoms with Crippen LogP contribution in [0.4, 0.5) is 0 Å². The molecule has 0 radical (unpaired) electrons. The van der Waals surface area contributed by atoms with E-state index in [2.05, 4.69) is 20.7 Å². The average molecular weight is 321 g/mol. The first-order valence-corrected chi connectivity index (χ1v) is 8.83. The minimum Gasteiger partial charge on any atom is -0.378 e. The highest BCUT2D eigenvalue weighted by Crippen LogP contribution is 2.20. The molecule has 0 aliphatic heterocycles. The normalized spacial score (nSPS) is 16.5. The van der Waals surface area contributed by atoms with Crippen molar-refractivity contribution in [1.82, 2.24) is 20.4 Å². The summed E-state index contributed by atoms with van der Waals surface area (Å²) in [6.45, 7) is 5.40. The summed E-state index contributed by atoms with van der Waals surface area (Å²) in [4.78, 5) is 4.24. The van der Waals surface area contributed by atoms with Crippen LogP contribution in [0.15, 0.2) is 17.4 Å². The number of aryl methyl sites for hydroxylation is 1. The minimum absolute atomic E-state index is 0.499. The van der Waals surface area contributed by atoms with Crippen LogP contribution in [0, 0.1) is 6.92 Å². The molecule has 0 saturated heterocycles. The molecule has 23 heavy (non-hydrogen) atoms. The highest BCUT2D eigenvalue weighted by Gasteiger charge is 2.12. The number of hydrogen-bond acceptors (Lipinski definition) is 3. The van der Waals surface area contributed by atoms with Gasteiger partial charge >= 0.3 is 0 Å². The van der Waals surface area contributed by atoms with Crippen molar-refractivity contribution in [1.29, 1.82) is 0 Å². The van der Waals surface area contributed by atoms with E-state index in [1.54, 1.807) is 7.05 Å². The molecule has 0 aromatic carbocycles. The molecule has 0 bridgehead atoms. The second-order valence-electron chi connectivity index (χ2n) is 6.19. The predicted molar refractivity (Wildman–Crippen MR) is 93.8 cm³/mol. The van der Waals surface area contributed by atoms with Gasteiger partial charge in [0.2, 0.25) is 0 Å². The Morgan fingerprint density at radius 3 is 2.78 bits per heavy atom. The lowest BCUT2D eigenvalue weighted by Crippen LogP contribution is -2.39. The summed E-state index contributed by atoms with van der Waals surface area (Å²) >= 11 is 0. The fraction of sp³-hybridized carbons (Fsp3) is 0.765. The summed E-state index contributed by atoms with van der Waals surface area (Å²) in [5.74, 6) is 0.839. The van der Waals surface area contributed by atoms with Crippen LogP contribution in [-0.4, -0.2) is 48.6 Å². The standard InChI is InChI=1S/C17H31N5O/c1-15-13-21-22(14-15)11-10-20-17(18-2)19-9-6-12-23-16-7-4-3-5-8-16/h13-14,16H,3-12H2,1-2H3,(H2,18,19,20). The van der Waals surface area contributed by atoms with Crippen LogP contribution in [0.5, 0.6) is 0 Å². The van der Waals surface area contributed by atoms with E-state index in [0.29, 0.717) is 6.10 Å². The number of hydrogen-bond donors (Lipinski definition) is 2. The van der Waals surface area contributed by atoms with Crippen molar-refractivity contribution in [3.8, 4) is 0 Å². The van der Waals surface area contributed by atoms with Crippen molar-refractivity contribution >= 4 is 5.96 Å². The molecular weight excluding hydrogens is 290 g/mol. The van der Waals surface area contributed by atoms with E-state index in [1.807, 2.05) is 24.0 Å². The molecule has 0 spiro atoms. The molecule has 0 atom stereocenters. The highest BCUT2D eigenvalue weighted by atomic mass is 16.5. The molecule has 0 amide bonds. The Morgan fingerprint density at radius 2 is 2.09 bits per heavy atom. The third kappa shape index (κ3) is 7.03. The van der Waals surface area contributed by atoms with Crippen LogP contribution in [0.25, 0.3) is 0 Å². The third-order valence-corrected chi connectivity index (χ3v) is 4.14. The van der Waals surface area contributed by atoms with Crippen molar-refractivity contribution in [2.24, 2.45) is 4.99 Å². The molecular formula is C17H31N5O. The van der Waals surface area contributed by atoms with E-state index >= 15 is 0 Å². The predicted octanol–water partition coefficient (Wildman–Crippen LogP) is 2.10. The summed E-state index contributed by atoms with van der Waals surface area (Å²) in [7, 11) is 1.80. The first kappa shape index (κ1) is 17.8. The van der Waals surface area contributed by atoms with Gasteiger partial charge in [0.15, 0.2) is 5.96 Å². The van der Waals surface area contributed by atoms with Gasteiger partial charge in [-0.25, -0.2) is 0 Å². The zero-order chi connectivity index (χ0) is 16.3. The molecule has 6 heteroatoms. The second kappa shape index (κ2) is 10.3. The van der Waals surface area contributed by atoms with E-state index in [4.69, 9.17) is 4.74 Å². The largest absolute Gasteiger partial charge is 0.378 e. The minimum atomic E-state index is 0.499. The summed E-state index contributed by atoms with van der Waals surface area (Å²) < 4.78 is 7.87. The SMILES string of the molecule is CN=C(NCCCOC1CCCCC1)NCCn1cc(C)cn1. The maximum absolute atomic E-state index is 5.93. The molecule has 6 nitrogen and oxygen atoms in total. The summed E-state index contributed by atoms with van der Waals surface area (Å²) in [5.41, 5.74) is 1.19. The van der Waals surface area contributed by atoms with Crippen molar-refractivity contribution in [2.45, 2.75) is 58.1 Å². The Balaban J connectivity index is 1.50. The van der Waals surface area contributed by atoms with Crippen LogP contribution >= 0.6 is 0 Å². The Kier molecular flexibility index (Phi) is 7.93. The molecule has 1 aliphatic carbocycles. The first-order valence-electron chi connectivity index (χ1n) is 8.83. The molecule has 1 aromatic rings. The quantitative estimate of drug-likeness (QED) is 0.437. The van der Waals surface area contributed by atoms with Crippen LogP contribution in [-0.2, 0) is 11.3 Å². The summed E-state index contributed by atoms with van der Waals surface area (Å²) in [6.07, 6.45) is 11.9. The van der Waals surface area contributed by atoms with Gasteiger partial charge in [0, 0.05) is 32.9 Å². The molecule has 2 rings (SSSR count). The lowest BCUT2D eigenvalue weighted by Gasteiger charge is -2.22. The molecule has 1 fully saturated rings. The molecule has 1 heterocycles. The molecule has 1 aromatic heterocycles. The zero-order valence-electron chi connectivity index (χ0n) is 14.6. The van der Waals surface area contributed by atoms with Gasteiger partial charge in [-0.15, -0.1) is 0 Å². The molecule has 1 aliphatic rings. The molecule has 130 valence electrons. The molecule has 1 saturated carbocycles. The lowest BCUT2D eigenvalue weighted by atomic mass is 9.98. The van der Waals surface area contributed by atoms with Crippen LogP contribution < -0.4 is 10.6 Å². The van der Waals surface area contributed by atoms with Crippen molar-refractivity contribution in [3.05, 3.63) is 18.0 Å². The first-order chi connectivity index (χ1) is 11.3. The van der Waals surface area contributed by atoms with Gasteiger partial charge in [-0.1, -0.05) is 19.3 Å². The second-order valence-corrected chi connectivity index (χ2v) is 6.19. The Hall–Kier alpha value is -1.56. The Bertz CT molecular complexity index is 465. The van der Waals surface area contributed by atoms with Gasteiger partial charge in [0.05, 0.1) is 18.8 Å². The van der Waals surface area contributed by atoms with E-state index in [9.17, 15) is 0 Å². The smallest absolute Gasteiger partial charge is 0.191 e. The zero-order valence-corrected chi connectivity index (χ0v) is 14.6. The number of rotatable bonds is 8. The van der Waals surface area contributed by atoms with Crippen molar-refractivity contribution < 1.29 is 4.74 Å². The fourth-order valence-electron chi connectivity index (χ4n) is 2.86. The highest BCUT2D eigenvalue weighted by molar-refractivity contribution is 5.79. The van der Waals surface area contributed by atoms with E-state index < -0.39 is 0 Å². The maximum atomic E-state index is 5.93. The number of nitrogens with zero attached hydrogens (tertiary/aromatic N) is 3. The van der Waals surface area contributed by atoms with Gasteiger partial charge in [0.25, 0.3) is 0 Å². The number of nitrogens with one attached hydrogen (secondary N) is 2. The topological polar surface area (TPSA) is 63.5 Å². The number of aliphatic imine (C=N–C) groups is 1. The third-order valence-electron chi connectivity index (χ3n) is 4.14. The van der Waals surface area contributed by atoms with Crippen molar-refractivity contribution in [3.63, 3.8) is 0 Å². The Morgan fingerprint density at radius 1 is 1.30 bits per heavy atom. The average Bonchev–Trinajstić information content (AvgIpc) is 2.99. The molecule has 0 unspecified atom stereocenters. The van der Waals surface area contributed by atoms with E-state index in [-0.39, 0.29) is 0 Å². The number of aromatic nitrogens is 2. The van der Waals surface area contributed by atoms with Crippen LogP contribution in [0.2, 0.25) is 0 Å². The fourth-order valence-corrected chi connectivity index (χ4v) is 2.86. The van der Waals surface area contributed by atoms with Gasteiger partial charge < -0.3 is 15.4 Å². The van der Waals surface area contributed by atoms with Gasteiger partial charge in [-0.05, 0) is 31.7 Å². The van der Waals surface area contributed by atoms with Crippen LogP contribution in [0.3, 0.4) is 0 Å². The maximum Gasteiger partial charge on any atom is 0.191 e. The van der Waals surface area contributed by atoms with E-state index in [0.717, 1.165) is 38.6 Å². The van der Waals surface area contributed by atoms with Gasteiger partial charge in [-0.3, -0.25) is 9.67 Å². The summed E-state index contributed by atoms with van der Waals surface area (Å²) in [6, 6.07) is 0. The monoisotopic (exact) mass is 321 g/mol. The van der Waals surface area contributed by atoms with Crippen LogP contribution in [0.1, 0.15) is 44.1 Å². The van der Waals surface area contributed by atoms with Gasteiger partial charge in [0.1, 0.15) is 0 Å². The molecule has 2 N–H and O–H groups in total. The van der Waals surface area contributed by atoms with Gasteiger partial charge in [-0.2, -0.15) is 5.10 Å². The van der Waals surface area contributed by atoms with E-state index in [1.165, 1.54) is 37.7 Å².